The number of hydrogen-bond donors (Lipinski definition) is 1. The standard InChI is InChI=1S/C16H16BrClFN/c17-14-7-13(8-15(19)10-14)11-20-16-5-1-3-12(9-16)4-2-6-18/h1,3,5,7-10,20H,2,4,6,11H2. The van der Waals surface area contributed by atoms with Crippen molar-refractivity contribution in [2.75, 3.05) is 11.2 Å². The van der Waals surface area contributed by atoms with Gasteiger partial charge in [-0.1, -0.05) is 28.1 Å². The quantitative estimate of drug-likeness (QED) is 0.686. The zero-order valence-corrected chi connectivity index (χ0v) is 13.3. The molecule has 1 nitrogen and oxygen atoms in total. The molecular weight excluding hydrogens is 341 g/mol. The maximum Gasteiger partial charge on any atom is 0.124 e. The van der Waals surface area contributed by atoms with Crippen molar-refractivity contribution >= 4 is 33.2 Å². The van der Waals surface area contributed by atoms with Crippen LogP contribution >= 0.6 is 27.5 Å². The van der Waals surface area contributed by atoms with Crippen molar-refractivity contribution in [2.45, 2.75) is 19.4 Å². The van der Waals surface area contributed by atoms with Crippen molar-refractivity contribution in [3.63, 3.8) is 0 Å². The fourth-order valence-electron chi connectivity index (χ4n) is 2.02. The van der Waals surface area contributed by atoms with Crippen LogP contribution in [0, 0.1) is 5.82 Å². The predicted molar refractivity (Wildman–Crippen MR) is 86.9 cm³/mol. The summed E-state index contributed by atoms with van der Waals surface area (Å²) in [7, 11) is 0. The molecule has 2 aromatic carbocycles. The second-order valence-electron chi connectivity index (χ2n) is 4.62. The number of rotatable bonds is 6. The lowest BCUT2D eigenvalue weighted by atomic mass is 10.1. The monoisotopic (exact) mass is 355 g/mol. The van der Waals surface area contributed by atoms with Crippen molar-refractivity contribution in [3.05, 3.63) is 63.9 Å². The highest BCUT2D eigenvalue weighted by atomic mass is 79.9. The zero-order valence-electron chi connectivity index (χ0n) is 11.0. The van der Waals surface area contributed by atoms with Gasteiger partial charge in [0.1, 0.15) is 5.82 Å². The smallest absolute Gasteiger partial charge is 0.124 e. The highest BCUT2D eigenvalue weighted by Gasteiger charge is 2.00. The Bertz CT molecular complexity index is 554. The van der Waals surface area contributed by atoms with E-state index in [-0.39, 0.29) is 5.82 Å². The molecule has 0 aliphatic carbocycles. The first-order valence-corrected chi connectivity index (χ1v) is 7.84. The Morgan fingerprint density at radius 2 is 1.95 bits per heavy atom. The first-order chi connectivity index (χ1) is 9.67. The molecule has 0 heterocycles. The fourth-order valence-corrected chi connectivity index (χ4v) is 2.67. The molecule has 2 aromatic rings. The molecule has 0 fully saturated rings. The van der Waals surface area contributed by atoms with Gasteiger partial charge in [-0.25, -0.2) is 4.39 Å². The van der Waals surface area contributed by atoms with E-state index < -0.39 is 0 Å². The summed E-state index contributed by atoms with van der Waals surface area (Å²) in [4.78, 5) is 0. The van der Waals surface area contributed by atoms with Crippen LogP contribution in [0.4, 0.5) is 10.1 Å². The van der Waals surface area contributed by atoms with Crippen molar-refractivity contribution in [3.8, 4) is 0 Å². The van der Waals surface area contributed by atoms with Crippen LogP contribution in [0.25, 0.3) is 0 Å². The van der Waals surface area contributed by atoms with Crippen LogP contribution in [0.2, 0.25) is 0 Å². The van der Waals surface area contributed by atoms with Crippen LogP contribution in [-0.2, 0) is 13.0 Å². The van der Waals surface area contributed by atoms with E-state index in [1.807, 2.05) is 18.2 Å². The Kier molecular flexibility index (Phi) is 5.86. The largest absolute Gasteiger partial charge is 0.381 e. The summed E-state index contributed by atoms with van der Waals surface area (Å²) in [6.07, 6.45) is 1.95. The molecule has 1 N–H and O–H groups in total. The van der Waals surface area contributed by atoms with Gasteiger partial charge in [0.2, 0.25) is 0 Å². The summed E-state index contributed by atoms with van der Waals surface area (Å²) in [6.45, 7) is 0.593. The summed E-state index contributed by atoms with van der Waals surface area (Å²) >= 11 is 9.01. The third-order valence-electron chi connectivity index (χ3n) is 2.95. The Hall–Kier alpha value is -1.06. The molecular formula is C16H16BrClFN. The van der Waals surface area contributed by atoms with E-state index >= 15 is 0 Å². The lowest BCUT2D eigenvalue weighted by Gasteiger charge is -2.09. The number of anilines is 1. The maximum atomic E-state index is 13.3. The van der Waals surface area contributed by atoms with E-state index in [4.69, 9.17) is 11.6 Å². The average Bonchev–Trinajstić information content (AvgIpc) is 2.42. The first-order valence-electron chi connectivity index (χ1n) is 6.51. The van der Waals surface area contributed by atoms with Crippen LogP contribution in [0.1, 0.15) is 17.5 Å². The topological polar surface area (TPSA) is 12.0 Å². The molecule has 0 bridgehead atoms. The third kappa shape index (κ3) is 4.80. The molecule has 20 heavy (non-hydrogen) atoms. The lowest BCUT2D eigenvalue weighted by Crippen LogP contribution is -2.00. The molecule has 0 aliphatic heterocycles. The van der Waals surface area contributed by atoms with Gasteiger partial charge in [0.25, 0.3) is 0 Å². The summed E-state index contributed by atoms with van der Waals surface area (Å²) in [5, 5.41) is 3.31. The van der Waals surface area contributed by atoms with Gasteiger partial charge in [0, 0.05) is 22.6 Å². The van der Waals surface area contributed by atoms with Gasteiger partial charge < -0.3 is 5.32 Å². The number of halogens is 3. The van der Waals surface area contributed by atoms with E-state index in [0.717, 1.165) is 28.6 Å². The lowest BCUT2D eigenvalue weighted by molar-refractivity contribution is 0.625. The van der Waals surface area contributed by atoms with Gasteiger partial charge in [0.15, 0.2) is 0 Å². The van der Waals surface area contributed by atoms with E-state index in [1.54, 1.807) is 0 Å². The van der Waals surface area contributed by atoms with Crippen LogP contribution in [0.5, 0.6) is 0 Å². The summed E-state index contributed by atoms with van der Waals surface area (Å²) in [5.41, 5.74) is 3.21. The van der Waals surface area contributed by atoms with Gasteiger partial charge in [-0.3, -0.25) is 0 Å². The Morgan fingerprint density at radius 1 is 1.10 bits per heavy atom. The Labute approximate surface area is 132 Å². The van der Waals surface area contributed by atoms with Crippen molar-refractivity contribution < 1.29 is 4.39 Å². The second kappa shape index (κ2) is 7.65. The predicted octanol–water partition coefficient (Wildman–Crippen LogP) is 5.37. The second-order valence-corrected chi connectivity index (χ2v) is 5.92. The van der Waals surface area contributed by atoms with Gasteiger partial charge >= 0.3 is 0 Å². The Morgan fingerprint density at radius 3 is 2.70 bits per heavy atom. The summed E-state index contributed by atoms with van der Waals surface area (Å²) in [6, 6.07) is 13.1. The van der Waals surface area contributed by atoms with Gasteiger partial charge in [-0.15, -0.1) is 11.6 Å². The minimum absolute atomic E-state index is 0.230. The summed E-state index contributed by atoms with van der Waals surface area (Å²) < 4.78 is 14.0. The molecule has 0 spiro atoms. The third-order valence-corrected chi connectivity index (χ3v) is 3.67. The van der Waals surface area contributed by atoms with Crippen molar-refractivity contribution in [1.29, 1.82) is 0 Å². The molecule has 2 rings (SSSR count). The average molecular weight is 357 g/mol. The fraction of sp³-hybridized carbons (Fsp3) is 0.250. The molecule has 4 heteroatoms. The molecule has 0 atom stereocenters. The molecule has 0 saturated heterocycles. The molecule has 0 unspecified atom stereocenters. The van der Waals surface area contributed by atoms with Crippen molar-refractivity contribution in [2.24, 2.45) is 0 Å². The maximum absolute atomic E-state index is 13.3. The van der Waals surface area contributed by atoms with Gasteiger partial charge in [-0.05, 0) is 54.3 Å². The van der Waals surface area contributed by atoms with Crippen LogP contribution < -0.4 is 5.32 Å². The minimum atomic E-state index is -0.230. The number of aryl methyl sites for hydroxylation is 1. The Balaban J connectivity index is 1.99. The zero-order chi connectivity index (χ0) is 14.4. The minimum Gasteiger partial charge on any atom is -0.381 e. The van der Waals surface area contributed by atoms with E-state index in [2.05, 4.69) is 33.4 Å². The molecule has 106 valence electrons. The SMILES string of the molecule is Fc1cc(Br)cc(CNc2cccc(CCCCl)c2)c1. The van der Waals surface area contributed by atoms with Crippen molar-refractivity contribution in [1.82, 2.24) is 0 Å². The molecule has 0 aromatic heterocycles. The first kappa shape index (κ1) is 15.3. The molecule has 0 saturated carbocycles. The van der Waals surface area contributed by atoms with Crippen LogP contribution in [0.3, 0.4) is 0 Å². The normalized spacial score (nSPS) is 10.6. The highest BCUT2D eigenvalue weighted by Crippen LogP contribution is 2.17. The van der Waals surface area contributed by atoms with Crippen LogP contribution in [0.15, 0.2) is 46.9 Å². The number of benzene rings is 2. The van der Waals surface area contributed by atoms with Gasteiger partial charge in [-0.2, -0.15) is 0 Å². The number of hydrogen-bond acceptors (Lipinski definition) is 1. The summed E-state index contributed by atoms with van der Waals surface area (Å²) in [5.74, 6) is 0.446. The van der Waals surface area contributed by atoms with E-state index in [0.29, 0.717) is 12.4 Å². The molecule has 0 radical (unpaired) electrons. The van der Waals surface area contributed by atoms with E-state index in [9.17, 15) is 4.39 Å². The molecule has 0 aliphatic rings. The van der Waals surface area contributed by atoms with E-state index in [1.165, 1.54) is 17.7 Å². The number of nitrogens with one attached hydrogen (secondary N) is 1. The van der Waals surface area contributed by atoms with Gasteiger partial charge in [0.05, 0.1) is 0 Å². The van der Waals surface area contributed by atoms with Crippen LogP contribution in [-0.4, -0.2) is 5.88 Å². The highest BCUT2D eigenvalue weighted by molar-refractivity contribution is 9.10. The molecule has 0 amide bonds. The number of alkyl halides is 1.